The van der Waals surface area contributed by atoms with Gasteiger partial charge in [-0.2, -0.15) is 0 Å². The van der Waals surface area contributed by atoms with E-state index in [9.17, 15) is 14.7 Å². The van der Waals surface area contributed by atoms with Gasteiger partial charge in [0.05, 0.1) is 11.5 Å². The summed E-state index contributed by atoms with van der Waals surface area (Å²) in [5.41, 5.74) is 1.97. The number of carboxylic acids is 1. The molecule has 26 heavy (non-hydrogen) atoms. The summed E-state index contributed by atoms with van der Waals surface area (Å²) in [4.78, 5) is 27.9. The van der Waals surface area contributed by atoms with E-state index in [2.05, 4.69) is 46.8 Å². The standard InChI is InChI=1S/C20H25N3O3/c1-21-15(11-14-5-3-4-6-17(14)21)13-23-9-7-20(8-10-23)16(19(25)26)12-18(24)22(20)2/h3-6,11,16H,7-10,12-13H2,1-2H3,(H,25,26)/t16-/m1/s1. The number of aryl methyl sites for hydroxylation is 1. The topological polar surface area (TPSA) is 65.8 Å². The SMILES string of the molecule is CN1C(=O)C[C@H](C(=O)O)C12CCN(Cc1cc3ccccc3n1C)CC2. The van der Waals surface area contributed by atoms with Gasteiger partial charge in [0.2, 0.25) is 5.91 Å². The van der Waals surface area contributed by atoms with Gasteiger partial charge in [0, 0.05) is 51.4 Å². The molecule has 2 saturated heterocycles. The van der Waals surface area contributed by atoms with Gasteiger partial charge in [0.15, 0.2) is 0 Å². The highest BCUT2D eigenvalue weighted by atomic mass is 16.4. The van der Waals surface area contributed by atoms with E-state index in [1.54, 1.807) is 11.9 Å². The lowest BCUT2D eigenvalue weighted by Gasteiger charge is -2.45. The Labute approximate surface area is 153 Å². The number of carboxylic acid groups (broad SMARTS) is 1. The monoisotopic (exact) mass is 355 g/mol. The number of piperidine rings is 1. The molecule has 138 valence electrons. The minimum atomic E-state index is -0.843. The van der Waals surface area contributed by atoms with Crippen LogP contribution in [0, 0.1) is 5.92 Å². The van der Waals surface area contributed by atoms with Gasteiger partial charge in [-0.05, 0) is 30.4 Å². The van der Waals surface area contributed by atoms with Gasteiger partial charge < -0.3 is 14.6 Å². The lowest BCUT2D eigenvalue weighted by molar-refractivity contribution is -0.146. The van der Waals surface area contributed by atoms with Crippen molar-refractivity contribution in [2.45, 2.75) is 31.3 Å². The molecule has 2 aliphatic heterocycles. The van der Waals surface area contributed by atoms with Crippen molar-refractivity contribution < 1.29 is 14.7 Å². The molecule has 6 heteroatoms. The maximum atomic E-state index is 12.1. The van der Waals surface area contributed by atoms with E-state index >= 15 is 0 Å². The fourth-order valence-electron chi connectivity index (χ4n) is 4.81. The normalized spacial score (nSPS) is 23.2. The first-order chi connectivity index (χ1) is 12.4. The van der Waals surface area contributed by atoms with E-state index in [4.69, 9.17) is 0 Å². The third kappa shape index (κ3) is 2.51. The number of benzene rings is 1. The summed E-state index contributed by atoms with van der Waals surface area (Å²) < 4.78 is 2.23. The predicted octanol–water partition coefficient (Wildman–Crippen LogP) is 2.08. The van der Waals surface area contributed by atoms with Crippen molar-refractivity contribution in [3.63, 3.8) is 0 Å². The Kier molecular flexibility index (Phi) is 4.03. The van der Waals surface area contributed by atoms with Crippen molar-refractivity contribution >= 4 is 22.8 Å². The highest BCUT2D eigenvalue weighted by Crippen LogP contribution is 2.43. The van der Waals surface area contributed by atoms with E-state index in [0.29, 0.717) is 0 Å². The van der Waals surface area contributed by atoms with Gasteiger partial charge in [-0.25, -0.2) is 0 Å². The van der Waals surface area contributed by atoms with Gasteiger partial charge in [0.25, 0.3) is 0 Å². The maximum absolute atomic E-state index is 12.1. The molecule has 3 heterocycles. The minimum Gasteiger partial charge on any atom is -0.481 e. The Bertz CT molecular complexity index is 864. The smallest absolute Gasteiger partial charge is 0.309 e. The molecule has 4 rings (SSSR count). The average Bonchev–Trinajstić information content (AvgIpc) is 3.07. The van der Waals surface area contributed by atoms with Gasteiger partial charge >= 0.3 is 5.97 Å². The zero-order chi connectivity index (χ0) is 18.5. The molecular weight excluding hydrogens is 330 g/mol. The molecule has 0 radical (unpaired) electrons. The number of carbonyl (C=O) groups excluding carboxylic acids is 1. The van der Waals surface area contributed by atoms with E-state index in [1.165, 1.54) is 16.6 Å². The Morgan fingerprint density at radius 1 is 1.23 bits per heavy atom. The van der Waals surface area contributed by atoms with Crippen LogP contribution in [0.25, 0.3) is 10.9 Å². The zero-order valence-corrected chi connectivity index (χ0v) is 15.3. The molecule has 0 unspecified atom stereocenters. The second-order valence-corrected chi connectivity index (χ2v) is 7.68. The highest BCUT2D eigenvalue weighted by Gasteiger charge is 2.55. The van der Waals surface area contributed by atoms with Crippen LogP contribution in [-0.2, 0) is 23.2 Å². The van der Waals surface area contributed by atoms with Crippen molar-refractivity contribution in [3.05, 3.63) is 36.0 Å². The molecule has 0 saturated carbocycles. The van der Waals surface area contributed by atoms with Crippen LogP contribution in [0.1, 0.15) is 25.0 Å². The maximum Gasteiger partial charge on any atom is 0.309 e. The number of likely N-dealkylation sites (tertiary alicyclic amines) is 2. The molecular formula is C20H25N3O3. The van der Waals surface area contributed by atoms with Crippen LogP contribution in [0.4, 0.5) is 0 Å². The van der Waals surface area contributed by atoms with Gasteiger partial charge in [-0.1, -0.05) is 18.2 Å². The number of carbonyl (C=O) groups is 2. The third-order valence-electron chi connectivity index (χ3n) is 6.53. The van der Waals surface area contributed by atoms with Gasteiger partial charge in [-0.3, -0.25) is 14.5 Å². The first-order valence-electron chi connectivity index (χ1n) is 9.17. The third-order valence-corrected chi connectivity index (χ3v) is 6.53. The highest BCUT2D eigenvalue weighted by molar-refractivity contribution is 5.88. The molecule has 2 fully saturated rings. The number of hydrogen-bond acceptors (Lipinski definition) is 3. The molecule has 6 nitrogen and oxygen atoms in total. The van der Waals surface area contributed by atoms with E-state index in [0.717, 1.165) is 32.5 Å². The predicted molar refractivity (Wildman–Crippen MR) is 98.7 cm³/mol. The fourth-order valence-corrected chi connectivity index (χ4v) is 4.81. The van der Waals surface area contributed by atoms with Gasteiger partial charge in [-0.15, -0.1) is 0 Å². The Morgan fingerprint density at radius 2 is 1.92 bits per heavy atom. The van der Waals surface area contributed by atoms with E-state index in [-0.39, 0.29) is 12.3 Å². The molecule has 0 bridgehead atoms. The van der Waals surface area contributed by atoms with Crippen molar-refractivity contribution in [1.29, 1.82) is 0 Å². The number of aliphatic carboxylic acids is 1. The summed E-state index contributed by atoms with van der Waals surface area (Å²) >= 11 is 0. The molecule has 1 spiro atoms. The number of rotatable bonds is 3. The minimum absolute atomic E-state index is 0.0421. The summed E-state index contributed by atoms with van der Waals surface area (Å²) in [7, 11) is 3.86. The number of fused-ring (bicyclic) bond motifs is 1. The van der Waals surface area contributed by atoms with Crippen LogP contribution in [0.5, 0.6) is 0 Å². The molecule has 2 aromatic rings. The number of hydrogen-bond donors (Lipinski definition) is 1. The van der Waals surface area contributed by atoms with Crippen LogP contribution in [0.15, 0.2) is 30.3 Å². The zero-order valence-electron chi connectivity index (χ0n) is 15.3. The Balaban J connectivity index is 1.50. The molecule has 1 amide bonds. The van der Waals surface area contributed by atoms with Crippen LogP contribution in [0.3, 0.4) is 0 Å². The fraction of sp³-hybridized carbons (Fsp3) is 0.500. The quantitative estimate of drug-likeness (QED) is 0.915. The molecule has 2 aliphatic rings. The summed E-state index contributed by atoms with van der Waals surface area (Å²) in [6, 6.07) is 10.6. The number of amides is 1. The molecule has 1 aromatic heterocycles. The lowest BCUT2D eigenvalue weighted by atomic mass is 9.77. The van der Waals surface area contributed by atoms with Crippen LogP contribution < -0.4 is 0 Å². The van der Waals surface area contributed by atoms with Crippen LogP contribution in [-0.4, -0.2) is 57.0 Å². The van der Waals surface area contributed by atoms with E-state index < -0.39 is 17.4 Å². The number of para-hydroxylation sites is 1. The van der Waals surface area contributed by atoms with Crippen molar-refractivity contribution in [3.8, 4) is 0 Å². The second kappa shape index (κ2) is 6.13. The van der Waals surface area contributed by atoms with Crippen molar-refractivity contribution in [2.75, 3.05) is 20.1 Å². The van der Waals surface area contributed by atoms with Crippen LogP contribution >= 0.6 is 0 Å². The lowest BCUT2D eigenvalue weighted by Crippen LogP contribution is -2.56. The molecule has 0 aliphatic carbocycles. The second-order valence-electron chi connectivity index (χ2n) is 7.68. The number of aromatic nitrogens is 1. The molecule has 1 N–H and O–H groups in total. The van der Waals surface area contributed by atoms with Gasteiger partial charge in [0.1, 0.15) is 0 Å². The molecule has 1 aromatic carbocycles. The first kappa shape index (κ1) is 17.1. The van der Waals surface area contributed by atoms with Crippen LogP contribution in [0.2, 0.25) is 0 Å². The largest absolute Gasteiger partial charge is 0.481 e. The van der Waals surface area contributed by atoms with Crippen molar-refractivity contribution in [1.82, 2.24) is 14.4 Å². The van der Waals surface area contributed by atoms with E-state index in [1.807, 2.05) is 0 Å². The van der Waals surface area contributed by atoms with Crippen molar-refractivity contribution in [2.24, 2.45) is 13.0 Å². The first-order valence-corrected chi connectivity index (χ1v) is 9.17. The average molecular weight is 355 g/mol. The Morgan fingerprint density at radius 3 is 2.58 bits per heavy atom. The summed E-state index contributed by atoms with van der Waals surface area (Å²) in [5, 5.41) is 10.8. The summed E-state index contributed by atoms with van der Waals surface area (Å²) in [6.07, 6.45) is 1.57. The molecule has 1 atom stereocenters. The summed E-state index contributed by atoms with van der Waals surface area (Å²) in [6.45, 7) is 2.46. The number of nitrogens with zero attached hydrogens (tertiary/aromatic N) is 3. The summed E-state index contributed by atoms with van der Waals surface area (Å²) in [5.74, 6) is -1.47. The Hall–Kier alpha value is -2.34.